The van der Waals surface area contributed by atoms with Crippen LogP contribution in [0, 0.1) is 20.2 Å². The summed E-state index contributed by atoms with van der Waals surface area (Å²) in [6.07, 6.45) is -3.85. The van der Waals surface area contributed by atoms with Crippen LogP contribution in [0.25, 0.3) is 0 Å². The number of aliphatic hydroxyl groups is 2. The molecular weight excluding hydrogens is 168 g/mol. The van der Waals surface area contributed by atoms with Crippen LogP contribution in [0.5, 0.6) is 0 Å². The van der Waals surface area contributed by atoms with Gasteiger partial charge in [-0.25, -0.2) is 9.68 Å². The molecular formula is CH2N2O8. The summed E-state index contributed by atoms with van der Waals surface area (Å²) in [4.78, 5) is 24.6. The fraction of sp³-hybridized carbons (Fsp3) is 1.00. The van der Waals surface area contributed by atoms with E-state index < -0.39 is 16.3 Å². The first-order chi connectivity index (χ1) is 4.83. The average molecular weight is 170 g/mol. The van der Waals surface area contributed by atoms with Gasteiger partial charge in [-0.15, -0.1) is 20.2 Å². The van der Waals surface area contributed by atoms with Crippen molar-refractivity contribution in [3.05, 3.63) is 20.2 Å². The van der Waals surface area contributed by atoms with Gasteiger partial charge in [0, 0.05) is 0 Å². The molecule has 10 heteroatoms. The fourth-order valence-corrected chi connectivity index (χ4v) is 0.211. The van der Waals surface area contributed by atoms with E-state index >= 15 is 0 Å². The van der Waals surface area contributed by atoms with Crippen molar-refractivity contribution >= 4 is 0 Å². The van der Waals surface area contributed by atoms with E-state index in [2.05, 4.69) is 9.68 Å². The number of nitrogens with zero attached hydrogens (tertiary/aromatic N) is 2. The minimum Gasteiger partial charge on any atom is -0.323 e. The highest BCUT2D eigenvalue weighted by Crippen LogP contribution is 2.03. The highest BCUT2D eigenvalue weighted by molar-refractivity contribution is 4.13. The summed E-state index contributed by atoms with van der Waals surface area (Å²) in [5, 5.41) is 31.6. The van der Waals surface area contributed by atoms with Crippen LogP contribution in [0.15, 0.2) is 0 Å². The van der Waals surface area contributed by atoms with Gasteiger partial charge in [-0.3, -0.25) is 0 Å². The third-order valence-electron chi connectivity index (χ3n) is 0.387. The highest BCUT2D eigenvalue weighted by Gasteiger charge is 2.33. The average Bonchev–Trinajstić information content (AvgIpc) is 1.53. The van der Waals surface area contributed by atoms with Crippen molar-refractivity contribution in [3.8, 4) is 0 Å². The van der Waals surface area contributed by atoms with Gasteiger partial charge < -0.3 is 10.2 Å². The molecule has 0 fully saturated rings. The van der Waals surface area contributed by atoms with Crippen LogP contribution in [0.3, 0.4) is 0 Å². The molecule has 0 bridgehead atoms. The quantitative estimate of drug-likeness (QED) is 0.279. The molecule has 64 valence electrons. The molecule has 0 spiro atoms. The smallest absolute Gasteiger partial charge is 0.323 e. The summed E-state index contributed by atoms with van der Waals surface area (Å²) in [6.45, 7) is 0. The highest BCUT2D eigenvalue weighted by atomic mass is 17.1. The van der Waals surface area contributed by atoms with Crippen molar-refractivity contribution in [2.24, 2.45) is 0 Å². The topological polar surface area (TPSA) is 145 Å². The molecule has 11 heavy (non-hydrogen) atoms. The Hall–Kier alpha value is -1.68. The Balaban J connectivity index is 3.99. The zero-order valence-electron chi connectivity index (χ0n) is 4.74. The van der Waals surface area contributed by atoms with Crippen LogP contribution in [0.1, 0.15) is 0 Å². The van der Waals surface area contributed by atoms with E-state index in [0.29, 0.717) is 0 Å². The lowest BCUT2D eigenvalue weighted by atomic mass is 11.2. The van der Waals surface area contributed by atoms with E-state index in [0.717, 1.165) is 0 Å². The largest absolute Gasteiger partial charge is 0.476 e. The minimum atomic E-state index is -3.85. The van der Waals surface area contributed by atoms with Crippen LogP contribution < -0.4 is 0 Å². The van der Waals surface area contributed by atoms with E-state index in [1.807, 2.05) is 0 Å². The van der Waals surface area contributed by atoms with Crippen molar-refractivity contribution in [3.63, 3.8) is 0 Å². The summed E-state index contributed by atoms with van der Waals surface area (Å²) in [6, 6.07) is 0. The van der Waals surface area contributed by atoms with Gasteiger partial charge in [0.2, 0.25) is 0 Å². The SMILES string of the molecule is O=[N+]([O-])OC(O)(O)O[N+](=O)[O-]. The fourth-order valence-electron chi connectivity index (χ4n) is 0.211. The maximum Gasteiger partial charge on any atom is 0.476 e. The Morgan fingerprint density at radius 3 is 1.55 bits per heavy atom. The van der Waals surface area contributed by atoms with Crippen molar-refractivity contribution in [1.29, 1.82) is 0 Å². The Morgan fingerprint density at radius 2 is 1.36 bits per heavy atom. The molecule has 0 saturated heterocycles. The lowest BCUT2D eigenvalue weighted by molar-refractivity contribution is -0.918. The van der Waals surface area contributed by atoms with Crippen LogP contribution in [0.4, 0.5) is 0 Å². The second-order valence-corrected chi connectivity index (χ2v) is 1.18. The van der Waals surface area contributed by atoms with Crippen molar-refractivity contribution in [2.45, 2.75) is 6.16 Å². The molecule has 0 aliphatic rings. The summed E-state index contributed by atoms with van der Waals surface area (Å²) in [5.41, 5.74) is 0. The Kier molecular flexibility index (Phi) is 2.49. The molecule has 0 aliphatic heterocycles. The van der Waals surface area contributed by atoms with Crippen molar-refractivity contribution in [1.82, 2.24) is 0 Å². The van der Waals surface area contributed by atoms with E-state index in [9.17, 15) is 20.2 Å². The van der Waals surface area contributed by atoms with Gasteiger partial charge in [-0.2, -0.15) is 0 Å². The van der Waals surface area contributed by atoms with Crippen molar-refractivity contribution in [2.75, 3.05) is 0 Å². The third kappa shape index (κ3) is 4.80. The molecule has 0 unspecified atom stereocenters. The van der Waals surface area contributed by atoms with E-state index in [1.54, 1.807) is 0 Å². The van der Waals surface area contributed by atoms with Gasteiger partial charge in [0.15, 0.2) is 0 Å². The molecule has 0 radical (unpaired) electrons. The second kappa shape index (κ2) is 2.94. The third-order valence-corrected chi connectivity index (χ3v) is 0.387. The molecule has 0 aromatic rings. The molecule has 0 amide bonds. The van der Waals surface area contributed by atoms with Crippen LogP contribution in [-0.2, 0) is 9.68 Å². The molecule has 0 aromatic carbocycles. The van der Waals surface area contributed by atoms with Crippen LogP contribution >= 0.6 is 0 Å². The second-order valence-electron chi connectivity index (χ2n) is 1.18. The molecule has 0 rings (SSSR count). The maximum atomic E-state index is 9.36. The van der Waals surface area contributed by atoms with E-state index in [1.165, 1.54) is 0 Å². The van der Waals surface area contributed by atoms with Gasteiger partial charge in [-0.05, 0) is 0 Å². The Labute approximate surface area is 57.8 Å². The lowest BCUT2D eigenvalue weighted by Crippen LogP contribution is -2.39. The minimum absolute atomic E-state index is 1.66. The van der Waals surface area contributed by atoms with Gasteiger partial charge >= 0.3 is 16.3 Å². The van der Waals surface area contributed by atoms with Gasteiger partial charge in [-0.1, -0.05) is 0 Å². The zero-order chi connectivity index (χ0) is 9.07. The van der Waals surface area contributed by atoms with Gasteiger partial charge in [0.1, 0.15) is 0 Å². The molecule has 0 atom stereocenters. The molecule has 0 saturated carbocycles. The van der Waals surface area contributed by atoms with Crippen LogP contribution in [0.2, 0.25) is 0 Å². The molecule has 0 aliphatic carbocycles. The predicted molar refractivity (Wildman–Crippen MR) is 23.3 cm³/mol. The first-order valence-electron chi connectivity index (χ1n) is 1.95. The first-order valence-corrected chi connectivity index (χ1v) is 1.95. The number of hydrogen-bond acceptors (Lipinski definition) is 8. The van der Waals surface area contributed by atoms with Crippen molar-refractivity contribution < 1.29 is 30.1 Å². The predicted octanol–water partition coefficient (Wildman–Crippen LogP) is -2.00. The molecule has 2 N–H and O–H groups in total. The summed E-state index contributed by atoms with van der Waals surface area (Å²) in [5.74, 6) is 0. The maximum absolute atomic E-state index is 9.36. The summed E-state index contributed by atoms with van der Waals surface area (Å²) < 4.78 is 0. The van der Waals surface area contributed by atoms with Gasteiger partial charge in [0.05, 0.1) is 0 Å². The summed E-state index contributed by atoms with van der Waals surface area (Å²) >= 11 is 0. The molecule has 10 nitrogen and oxygen atoms in total. The first kappa shape index (κ1) is 9.32. The number of hydrogen-bond donors (Lipinski definition) is 2. The summed E-state index contributed by atoms with van der Waals surface area (Å²) in [7, 11) is 0. The van der Waals surface area contributed by atoms with Crippen LogP contribution in [-0.4, -0.2) is 26.5 Å². The van der Waals surface area contributed by atoms with Gasteiger partial charge in [0.25, 0.3) is 0 Å². The molecule has 0 heterocycles. The van der Waals surface area contributed by atoms with E-state index in [-0.39, 0.29) is 0 Å². The Bertz CT molecular complexity index is 155. The lowest BCUT2D eigenvalue weighted by Gasteiger charge is -2.13. The Morgan fingerprint density at radius 1 is 1.09 bits per heavy atom. The number of rotatable bonds is 4. The normalized spacial score (nSPS) is 10.4. The molecule has 0 aromatic heterocycles. The van der Waals surface area contributed by atoms with E-state index in [4.69, 9.17) is 10.2 Å². The monoisotopic (exact) mass is 170 g/mol. The standard InChI is InChI=1S/CH2N2O8/c4-1(5,10-2(6)7)11-3(8)9/h4-5H. The zero-order valence-corrected chi connectivity index (χ0v) is 4.74.